The van der Waals surface area contributed by atoms with Crippen molar-refractivity contribution in [3.63, 3.8) is 0 Å². The van der Waals surface area contributed by atoms with Gasteiger partial charge in [0.25, 0.3) is 0 Å². The minimum atomic E-state index is -0.852. The number of piperidine rings is 1. The topological polar surface area (TPSA) is 69.6 Å². The summed E-state index contributed by atoms with van der Waals surface area (Å²) in [5, 5.41) is 13.5. The van der Waals surface area contributed by atoms with Gasteiger partial charge in [-0.3, -0.25) is 9.59 Å². The van der Waals surface area contributed by atoms with Crippen molar-refractivity contribution in [2.24, 2.45) is 0 Å². The van der Waals surface area contributed by atoms with E-state index in [1.807, 2.05) is 18.7 Å². The Kier molecular flexibility index (Phi) is 7.15. The summed E-state index contributed by atoms with van der Waals surface area (Å²) < 4.78 is 0. The molecule has 5 heteroatoms. The molecule has 1 aliphatic heterocycles. The molecule has 1 rings (SSSR count). The largest absolute Gasteiger partial charge is 0.389 e. The fraction of sp³-hybridized carbons (Fsp3) is 0.875. The summed E-state index contributed by atoms with van der Waals surface area (Å²) in [7, 11) is 0. The molecule has 1 saturated heterocycles. The van der Waals surface area contributed by atoms with Crippen LogP contribution in [0.1, 0.15) is 65.7 Å². The summed E-state index contributed by atoms with van der Waals surface area (Å²) in [6.45, 7) is 6.91. The van der Waals surface area contributed by atoms with Crippen molar-refractivity contribution in [1.29, 1.82) is 0 Å². The minimum absolute atomic E-state index is 0.0138. The molecule has 122 valence electrons. The maximum Gasteiger partial charge on any atom is 0.225 e. The van der Waals surface area contributed by atoms with Crippen LogP contribution in [-0.4, -0.2) is 46.6 Å². The van der Waals surface area contributed by atoms with E-state index in [-0.39, 0.29) is 24.3 Å². The molecule has 1 aliphatic rings. The number of nitrogens with zero attached hydrogens (tertiary/aromatic N) is 1. The Morgan fingerprint density at radius 1 is 1.19 bits per heavy atom. The number of aliphatic hydroxyl groups is 1. The summed E-state index contributed by atoms with van der Waals surface area (Å²) in [5.74, 6) is 0.0284. The molecule has 0 aliphatic carbocycles. The van der Waals surface area contributed by atoms with Crippen molar-refractivity contribution in [1.82, 2.24) is 10.2 Å². The van der Waals surface area contributed by atoms with Crippen LogP contribution in [-0.2, 0) is 9.59 Å². The van der Waals surface area contributed by atoms with Crippen molar-refractivity contribution in [2.45, 2.75) is 77.4 Å². The van der Waals surface area contributed by atoms with E-state index >= 15 is 0 Å². The molecule has 1 heterocycles. The van der Waals surface area contributed by atoms with E-state index in [4.69, 9.17) is 0 Å². The minimum Gasteiger partial charge on any atom is -0.389 e. The fourth-order valence-electron chi connectivity index (χ4n) is 3.19. The van der Waals surface area contributed by atoms with Crippen molar-refractivity contribution in [3.8, 4) is 0 Å². The number of nitrogens with one attached hydrogen (secondary N) is 1. The third kappa shape index (κ3) is 6.04. The molecular weight excluding hydrogens is 268 g/mol. The number of amides is 2. The molecule has 0 radical (unpaired) electrons. The Morgan fingerprint density at radius 3 is 2.14 bits per heavy atom. The number of rotatable bonds is 7. The second-order valence-corrected chi connectivity index (χ2v) is 6.26. The van der Waals surface area contributed by atoms with Crippen LogP contribution in [0, 0.1) is 0 Å². The standard InChI is InChI=1S/C16H30N2O3/c1-4-8-16(21,9-5-2)12-15(20)18-10-6-14(7-11-18)17-13(3)19/h14,21H,4-12H2,1-3H3,(H,17,19). The van der Waals surface area contributed by atoms with Gasteiger partial charge in [0.15, 0.2) is 0 Å². The van der Waals surface area contributed by atoms with E-state index < -0.39 is 5.60 Å². The van der Waals surface area contributed by atoms with Crippen molar-refractivity contribution in [3.05, 3.63) is 0 Å². The lowest BCUT2D eigenvalue weighted by molar-refractivity contribution is -0.138. The molecule has 21 heavy (non-hydrogen) atoms. The zero-order valence-electron chi connectivity index (χ0n) is 13.7. The normalized spacial score (nSPS) is 16.9. The van der Waals surface area contributed by atoms with Crippen molar-refractivity contribution < 1.29 is 14.7 Å². The Bertz CT molecular complexity index is 343. The predicted molar refractivity (Wildman–Crippen MR) is 82.8 cm³/mol. The summed E-state index contributed by atoms with van der Waals surface area (Å²) in [4.78, 5) is 25.2. The Morgan fingerprint density at radius 2 is 1.71 bits per heavy atom. The highest BCUT2D eigenvalue weighted by atomic mass is 16.3. The molecule has 0 aromatic heterocycles. The highest BCUT2D eigenvalue weighted by Gasteiger charge is 2.31. The maximum atomic E-state index is 12.4. The summed E-state index contributed by atoms with van der Waals surface area (Å²) >= 11 is 0. The Hall–Kier alpha value is -1.10. The Labute approximate surface area is 128 Å². The average Bonchev–Trinajstić information content (AvgIpc) is 2.39. The first-order chi connectivity index (χ1) is 9.90. The van der Waals surface area contributed by atoms with Gasteiger partial charge in [0.2, 0.25) is 11.8 Å². The van der Waals surface area contributed by atoms with E-state index in [2.05, 4.69) is 5.32 Å². The van der Waals surface area contributed by atoms with Crippen LogP contribution >= 0.6 is 0 Å². The lowest BCUT2D eigenvalue weighted by Gasteiger charge is -2.35. The number of likely N-dealkylation sites (tertiary alicyclic amines) is 1. The van der Waals surface area contributed by atoms with Gasteiger partial charge in [0.05, 0.1) is 12.0 Å². The van der Waals surface area contributed by atoms with Gasteiger partial charge in [-0.25, -0.2) is 0 Å². The predicted octanol–water partition coefficient (Wildman–Crippen LogP) is 1.83. The maximum absolute atomic E-state index is 12.4. The van der Waals surface area contributed by atoms with Crippen LogP contribution in [0.5, 0.6) is 0 Å². The monoisotopic (exact) mass is 298 g/mol. The summed E-state index contributed by atoms with van der Waals surface area (Å²) in [6.07, 6.45) is 4.93. The lowest BCUT2D eigenvalue weighted by Crippen LogP contribution is -2.47. The van der Waals surface area contributed by atoms with Crippen molar-refractivity contribution >= 4 is 11.8 Å². The quantitative estimate of drug-likeness (QED) is 0.753. The first-order valence-corrected chi connectivity index (χ1v) is 8.17. The number of hydrogen-bond donors (Lipinski definition) is 2. The van der Waals surface area contributed by atoms with E-state index in [1.54, 1.807) is 0 Å². The smallest absolute Gasteiger partial charge is 0.225 e. The molecule has 2 amide bonds. The molecular formula is C16H30N2O3. The van der Waals surface area contributed by atoms with Crippen LogP contribution in [0.15, 0.2) is 0 Å². The van der Waals surface area contributed by atoms with Crippen molar-refractivity contribution in [2.75, 3.05) is 13.1 Å². The second-order valence-electron chi connectivity index (χ2n) is 6.26. The van der Waals surface area contributed by atoms with Gasteiger partial charge in [0, 0.05) is 26.1 Å². The number of carbonyl (C=O) groups excluding carboxylic acids is 2. The first kappa shape index (κ1) is 18.0. The van der Waals surface area contributed by atoms with E-state index in [9.17, 15) is 14.7 Å². The van der Waals surface area contributed by atoms with E-state index in [1.165, 1.54) is 6.92 Å². The third-order valence-corrected chi connectivity index (χ3v) is 4.17. The number of carbonyl (C=O) groups is 2. The molecule has 0 spiro atoms. The van der Waals surface area contributed by atoms with Crippen LogP contribution < -0.4 is 5.32 Å². The number of hydrogen-bond acceptors (Lipinski definition) is 3. The highest BCUT2D eigenvalue weighted by molar-refractivity contribution is 5.77. The van der Waals surface area contributed by atoms with Gasteiger partial charge in [-0.05, 0) is 25.7 Å². The highest BCUT2D eigenvalue weighted by Crippen LogP contribution is 2.25. The second kappa shape index (κ2) is 8.37. The molecule has 0 atom stereocenters. The van der Waals surface area contributed by atoms with Crippen LogP contribution in [0.25, 0.3) is 0 Å². The summed E-state index contributed by atoms with van der Waals surface area (Å²) in [6, 6.07) is 0.178. The summed E-state index contributed by atoms with van der Waals surface area (Å²) in [5.41, 5.74) is -0.852. The average molecular weight is 298 g/mol. The first-order valence-electron chi connectivity index (χ1n) is 8.17. The van der Waals surface area contributed by atoms with Gasteiger partial charge in [-0.15, -0.1) is 0 Å². The SMILES string of the molecule is CCCC(O)(CCC)CC(=O)N1CCC(NC(C)=O)CC1. The molecule has 5 nitrogen and oxygen atoms in total. The molecule has 0 aromatic carbocycles. The Balaban J connectivity index is 2.47. The zero-order chi connectivity index (χ0) is 15.9. The molecule has 1 fully saturated rings. The van der Waals surface area contributed by atoms with Crippen LogP contribution in [0.2, 0.25) is 0 Å². The zero-order valence-corrected chi connectivity index (χ0v) is 13.7. The lowest BCUT2D eigenvalue weighted by atomic mass is 9.88. The van der Waals surface area contributed by atoms with Gasteiger partial charge >= 0.3 is 0 Å². The molecule has 2 N–H and O–H groups in total. The molecule has 0 unspecified atom stereocenters. The van der Waals surface area contributed by atoms with Gasteiger partial charge in [0.1, 0.15) is 0 Å². The van der Waals surface area contributed by atoms with Gasteiger partial charge in [-0.2, -0.15) is 0 Å². The molecule has 0 saturated carbocycles. The van der Waals surface area contributed by atoms with E-state index in [0.717, 1.165) is 25.7 Å². The molecule has 0 aromatic rings. The van der Waals surface area contributed by atoms with E-state index in [0.29, 0.717) is 25.9 Å². The third-order valence-electron chi connectivity index (χ3n) is 4.17. The molecule has 0 bridgehead atoms. The van der Waals surface area contributed by atoms with Crippen LogP contribution in [0.4, 0.5) is 0 Å². The van der Waals surface area contributed by atoms with Crippen LogP contribution in [0.3, 0.4) is 0 Å². The van der Waals surface area contributed by atoms with Gasteiger partial charge in [-0.1, -0.05) is 26.7 Å². The van der Waals surface area contributed by atoms with Gasteiger partial charge < -0.3 is 15.3 Å². The fourth-order valence-corrected chi connectivity index (χ4v) is 3.19.